The quantitative estimate of drug-likeness (QED) is 0.853. The number of amides is 1. The normalized spacial score (nSPS) is 26.7. The summed E-state index contributed by atoms with van der Waals surface area (Å²) in [6.45, 7) is 1.53. The third-order valence-corrected chi connectivity index (χ3v) is 5.47. The number of aromatic nitrogens is 1. The number of anilines is 1. The number of carbonyl (C=O) groups is 3. The van der Waals surface area contributed by atoms with Crippen molar-refractivity contribution in [2.75, 3.05) is 11.9 Å². The van der Waals surface area contributed by atoms with Crippen LogP contribution in [-0.2, 0) is 19.1 Å². The molecule has 124 valence electrons. The van der Waals surface area contributed by atoms with Crippen LogP contribution in [0.2, 0.25) is 0 Å². The van der Waals surface area contributed by atoms with Gasteiger partial charge in [-0.3, -0.25) is 19.7 Å². The average Bonchev–Trinajstić information content (AvgIpc) is 2.89. The average molecular weight is 336 g/mol. The lowest BCUT2D eigenvalue weighted by molar-refractivity contribution is -0.155. The molecule has 6 nitrogen and oxygen atoms in total. The second kappa shape index (κ2) is 6.78. The lowest BCUT2D eigenvalue weighted by Crippen LogP contribution is -2.40. The van der Waals surface area contributed by atoms with Crippen molar-refractivity contribution in [3.05, 3.63) is 11.1 Å². The van der Waals surface area contributed by atoms with Gasteiger partial charge in [-0.05, 0) is 32.6 Å². The smallest absolute Gasteiger partial charge is 0.309 e. The molecule has 1 aromatic rings. The molecule has 23 heavy (non-hydrogen) atoms. The van der Waals surface area contributed by atoms with Crippen LogP contribution in [0, 0.1) is 24.7 Å². The van der Waals surface area contributed by atoms with E-state index >= 15 is 0 Å². The van der Waals surface area contributed by atoms with E-state index in [4.69, 9.17) is 4.74 Å². The molecule has 3 rings (SSSR count). The Morgan fingerprint density at radius 3 is 2.65 bits per heavy atom. The van der Waals surface area contributed by atoms with Gasteiger partial charge in [0.25, 0.3) is 5.91 Å². The molecule has 1 amide bonds. The fourth-order valence-corrected chi connectivity index (χ4v) is 4.20. The van der Waals surface area contributed by atoms with Crippen LogP contribution in [-0.4, -0.2) is 29.3 Å². The van der Waals surface area contributed by atoms with Crippen LogP contribution in [0.4, 0.5) is 5.13 Å². The Balaban J connectivity index is 1.47. The summed E-state index contributed by atoms with van der Waals surface area (Å²) in [5, 5.41) is 4.94. The van der Waals surface area contributed by atoms with Crippen LogP contribution in [0.5, 0.6) is 0 Å². The standard InChI is InChI=1S/C16H20N2O4S/c1-9-8-23-16(17-9)18-13(19)7-22-15(21)12-5-10-3-2-4-11(6-12)14(10)20/h8,10-12H,2-7H2,1H3,(H,17,18,19). The Hall–Kier alpha value is -1.76. The largest absolute Gasteiger partial charge is 0.455 e. The zero-order chi connectivity index (χ0) is 16.4. The zero-order valence-electron chi connectivity index (χ0n) is 13.0. The summed E-state index contributed by atoms with van der Waals surface area (Å²) in [6, 6.07) is 0. The zero-order valence-corrected chi connectivity index (χ0v) is 13.9. The molecule has 1 aromatic heterocycles. The van der Waals surface area contributed by atoms with E-state index in [1.165, 1.54) is 11.3 Å². The molecule has 2 bridgehead atoms. The second-order valence-corrected chi connectivity index (χ2v) is 7.20. The van der Waals surface area contributed by atoms with Gasteiger partial charge in [0.05, 0.1) is 11.6 Å². The third-order valence-electron chi connectivity index (χ3n) is 4.59. The number of Topliss-reactive ketones (excluding diaryl/α,β-unsaturated/α-hetero) is 1. The molecule has 2 atom stereocenters. The summed E-state index contributed by atoms with van der Waals surface area (Å²) in [4.78, 5) is 40.1. The summed E-state index contributed by atoms with van der Waals surface area (Å²) in [7, 11) is 0. The van der Waals surface area contributed by atoms with Gasteiger partial charge in [-0.25, -0.2) is 4.98 Å². The predicted octanol–water partition coefficient (Wildman–Crippen LogP) is 2.33. The molecule has 1 N–H and O–H groups in total. The number of aryl methyl sites for hydroxylation is 1. The molecule has 2 aliphatic rings. The highest BCUT2D eigenvalue weighted by Gasteiger charge is 2.41. The topological polar surface area (TPSA) is 85.4 Å². The van der Waals surface area contributed by atoms with Gasteiger partial charge in [0, 0.05) is 17.2 Å². The maximum absolute atomic E-state index is 12.2. The fourth-order valence-electron chi connectivity index (χ4n) is 3.49. The SMILES string of the molecule is Cc1csc(NC(=O)COC(=O)C2CC3CCCC(C2)C3=O)n1. The van der Waals surface area contributed by atoms with Crippen LogP contribution < -0.4 is 5.32 Å². The van der Waals surface area contributed by atoms with Crippen LogP contribution >= 0.6 is 11.3 Å². The van der Waals surface area contributed by atoms with Gasteiger partial charge in [-0.1, -0.05) is 6.42 Å². The maximum atomic E-state index is 12.2. The number of nitrogens with one attached hydrogen (secondary N) is 1. The van der Waals surface area contributed by atoms with E-state index in [1.807, 2.05) is 12.3 Å². The minimum Gasteiger partial charge on any atom is -0.455 e. The van der Waals surface area contributed by atoms with E-state index in [0.717, 1.165) is 25.0 Å². The number of hydrogen-bond donors (Lipinski definition) is 1. The lowest BCUT2D eigenvalue weighted by Gasteiger charge is -2.36. The Morgan fingerprint density at radius 1 is 1.35 bits per heavy atom. The number of ketones is 1. The van der Waals surface area contributed by atoms with Gasteiger partial charge < -0.3 is 4.74 Å². The van der Waals surface area contributed by atoms with E-state index in [9.17, 15) is 14.4 Å². The maximum Gasteiger partial charge on any atom is 0.309 e. The van der Waals surface area contributed by atoms with Gasteiger partial charge >= 0.3 is 5.97 Å². The molecular formula is C16H20N2O4S. The highest BCUT2D eigenvalue weighted by molar-refractivity contribution is 7.13. The molecule has 2 unspecified atom stereocenters. The summed E-state index contributed by atoms with van der Waals surface area (Å²) in [6.07, 6.45) is 3.97. The molecule has 2 fully saturated rings. The van der Waals surface area contributed by atoms with E-state index in [0.29, 0.717) is 23.8 Å². The monoisotopic (exact) mass is 336 g/mol. The highest BCUT2D eigenvalue weighted by atomic mass is 32.1. The van der Waals surface area contributed by atoms with Gasteiger partial charge in [0.15, 0.2) is 11.7 Å². The van der Waals surface area contributed by atoms with Crippen LogP contribution in [0.25, 0.3) is 0 Å². The van der Waals surface area contributed by atoms with Crippen molar-refractivity contribution in [1.29, 1.82) is 0 Å². The molecule has 0 aliphatic heterocycles. The first-order valence-electron chi connectivity index (χ1n) is 7.95. The summed E-state index contributed by atoms with van der Waals surface area (Å²) >= 11 is 1.33. The molecule has 0 saturated heterocycles. The van der Waals surface area contributed by atoms with E-state index in [2.05, 4.69) is 10.3 Å². The summed E-state index contributed by atoms with van der Waals surface area (Å²) in [5.74, 6) is -0.672. The van der Waals surface area contributed by atoms with Crippen molar-refractivity contribution in [3.63, 3.8) is 0 Å². The minimum absolute atomic E-state index is 0.00664. The number of hydrogen-bond acceptors (Lipinski definition) is 6. The second-order valence-electron chi connectivity index (χ2n) is 6.35. The Kier molecular flexibility index (Phi) is 4.75. The fraction of sp³-hybridized carbons (Fsp3) is 0.625. The molecule has 2 saturated carbocycles. The molecular weight excluding hydrogens is 316 g/mol. The highest BCUT2D eigenvalue weighted by Crippen LogP contribution is 2.40. The number of nitrogens with zero attached hydrogens (tertiary/aromatic N) is 1. The number of esters is 1. The van der Waals surface area contributed by atoms with Gasteiger partial charge in [-0.15, -0.1) is 11.3 Å². The van der Waals surface area contributed by atoms with Gasteiger partial charge in [0.1, 0.15) is 5.78 Å². The molecule has 0 spiro atoms. The third kappa shape index (κ3) is 3.77. The van der Waals surface area contributed by atoms with Crippen molar-refractivity contribution in [3.8, 4) is 0 Å². The predicted molar refractivity (Wildman–Crippen MR) is 85.0 cm³/mol. The van der Waals surface area contributed by atoms with Crippen molar-refractivity contribution in [1.82, 2.24) is 4.98 Å². The molecule has 0 radical (unpaired) electrons. The van der Waals surface area contributed by atoms with Crippen LogP contribution in [0.1, 0.15) is 37.8 Å². The van der Waals surface area contributed by atoms with Gasteiger partial charge in [0.2, 0.25) is 0 Å². The first kappa shape index (κ1) is 16.1. The number of rotatable bonds is 4. The lowest BCUT2D eigenvalue weighted by atomic mass is 9.67. The van der Waals surface area contributed by atoms with Crippen molar-refractivity contribution in [2.45, 2.75) is 39.0 Å². The Labute approximate surface area is 138 Å². The van der Waals surface area contributed by atoms with E-state index in [1.54, 1.807) is 0 Å². The van der Waals surface area contributed by atoms with Crippen molar-refractivity contribution in [2.24, 2.45) is 17.8 Å². The number of fused-ring (bicyclic) bond motifs is 2. The molecule has 0 aromatic carbocycles. The van der Waals surface area contributed by atoms with Crippen molar-refractivity contribution >= 4 is 34.1 Å². The molecule has 2 aliphatic carbocycles. The van der Waals surface area contributed by atoms with E-state index in [-0.39, 0.29) is 36.2 Å². The first-order chi connectivity index (χ1) is 11.0. The summed E-state index contributed by atoms with van der Waals surface area (Å²) < 4.78 is 5.14. The molecule has 1 heterocycles. The summed E-state index contributed by atoms with van der Waals surface area (Å²) in [5.41, 5.74) is 0.834. The number of ether oxygens (including phenoxy) is 1. The first-order valence-corrected chi connectivity index (χ1v) is 8.83. The van der Waals surface area contributed by atoms with Gasteiger partial charge in [-0.2, -0.15) is 0 Å². The number of carbonyl (C=O) groups excluding carboxylic acids is 3. The number of thiazole rings is 1. The van der Waals surface area contributed by atoms with E-state index < -0.39 is 0 Å². The minimum atomic E-state index is -0.389. The Morgan fingerprint density at radius 2 is 2.04 bits per heavy atom. The Bertz CT molecular complexity index is 611. The van der Waals surface area contributed by atoms with Crippen LogP contribution in [0.15, 0.2) is 5.38 Å². The molecule has 7 heteroatoms. The van der Waals surface area contributed by atoms with Crippen LogP contribution in [0.3, 0.4) is 0 Å². The van der Waals surface area contributed by atoms with Crippen molar-refractivity contribution < 1.29 is 19.1 Å².